The van der Waals surface area contributed by atoms with E-state index in [2.05, 4.69) is 12.2 Å². The quantitative estimate of drug-likeness (QED) is 0.786. The van der Waals surface area contributed by atoms with E-state index in [-0.39, 0.29) is 5.92 Å². The molecular weight excluding hydrogens is 274 g/mol. The highest BCUT2D eigenvalue weighted by Gasteiger charge is 2.40. The molecule has 0 saturated carbocycles. The van der Waals surface area contributed by atoms with Crippen molar-refractivity contribution in [1.29, 1.82) is 0 Å². The average Bonchev–Trinajstić information content (AvgIpc) is 3.04. The third kappa shape index (κ3) is 2.92. The first-order chi connectivity index (χ1) is 10.8. The Kier molecular flexibility index (Phi) is 4.84. The van der Waals surface area contributed by atoms with Crippen molar-refractivity contribution >= 4 is 11.0 Å². The van der Waals surface area contributed by atoms with Crippen LogP contribution < -0.4 is 5.32 Å². The molecule has 0 bridgehead atoms. The zero-order chi connectivity index (χ0) is 15.4. The normalized spacial score (nSPS) is 21.8. The van der Waals surface area contributed by atoms with Crippen LogP contribution in [0.2, 0.25) is 0 Å². The zero-order valence-corrected chi connectivity index (χ0v) is 13.5. The number of fused-ring (bicyclic) bond motifs is 1. The van der Waals surface area contributed by atoms with E-state index in [4.69, 9.17) is 4.42 Å². The molecule has 2 heterocycles. The number of piperidine rings is 1. The number of para-hydroxylation sites is 1. The Hall–Kier alpha value is -1.32. The van der Waals surface area contributed by atoms with Crippen LogP contribution in [-0.4, -0.2) is 18.2 Å². The van der Waals surface area contributed by atoms with Crippen molar-refractivity contribution in [1.82, 2.24) is 5.32 Å². The summed E-state index contributed by atoms with van der Waals surface area (Å²) in [6.07, 6.45) is 8.13. The molecule has 1 aliphatic rings. The van der Waals surface area contributed by atoms with Gasteiger partial charge >= 0.3 is 0 Å². The molecule has 2 N–H and O–H groups in total. The summed E-state index contributed by atoms with van der Waals surface area (Å²) in [5.41, 5.74) is 1.03. The van der Waals surface area contributed by atoms with E-state index < -0.39 is 5.60 Å². The number of furan rings is 1. The number of nitrogens with one attached hydrogen (secondary N) is 1. The van der Waals surface area contributed by atoms with Crippen molar-refractivity contribution in [2.24, 2.45) is 5.92 Å². The third-order valence-electron chi connectivity index (χ3n) is 5.08. The van der Waals surface area contributed by atoms with E-state index in [1.807, 2.05) is 24.3 Å². The standard InChI is InChI=1S/C19H27NO2/c1-2-3-4-11-19(21,16-8-6-12-20-14-16)17-9-5-7-15-10-13-22-18(15)17/h5,7,9-10,13,16,20-21H,2-4,6,8,11-12,14H2,1H3/t16?,19-/m0/s1. The smallest absolute Gasteiger partial charge is 0.139 e. The number of benzene rings is 1. The Balaban J connectivity index is 1.97. The van der Waals surface area contributed by atoms with Crippen molar-refractivity contribution < 1.29 is 9.52 Å². The molecule has 1 aliphatic heterocycles. The Labute approximate surface area is 132 Å². The van der Waals surface area contributed by atoms with Crippen molar-refractivity contribution in [3.8, 4) is 0 Å². The maximum Gasteiger partial charge on any atom is 0.139 e. The van der Waals surface area contributed by atoms with Crippen molar-refractivity contribution in [2.75, 3.05) is 13.1 Å². The molecule has 0 spiro atoms. The largest absolute Gasteiger partial charge is 0.464 e. The fourth-order valence-electron chi connectivity index (χ4n) is 3.80. The number of hydrogen-bond acceptors (Lipinski definition) is 3. The summed E-state index contributed by atoms with van der Waals surface area (Å²) in [5, 5.41) is 16.2. The van der Waals surface area contributed by atoms with Crippen molar-refractivity contribution in [3.05, 3.63) is 36.1 Å². The molecule has 0 radical (unpaired) electrons. The van der Waals surface area contributed by atoms with Crippen LogP contribution in [0.15, 0.2) is 34.9 Å². The van der Waals surface area contributed by atoms with E-state index in [0.717, 1.165) is 61.7 Å². The van der Waals surface area contributed by atoms with E-state index in [1.54, 1.807) is 6.26 Å². The van der Waals surface area contributed by atoms with Gasteiger partial charge in [0, 0.05) is 23.4 Å². The maximum atomic E-state index is 11.7. The molecule has 0 aliphatic carbocycles. The highest BCUT2D eigenvalue weighted by Crippen LogP contribution is 2.41. The van der Waals surface area contributed by atoms with Crippen molar-refractivity contribution in [3.63, 3.8) is 0 Å². The van der Waals surface area contributed by atoms with Crippen LogP contribution in [0.5, 0.6) is 0 Å². The molecule has 1 unspecified atom stereocenters. The Morgan fingerprint density at radius 1 is 1.32 bits per heavy atom. The second-order valence-electron chi connectivity index (χ2n) is 6.57. The first-order valence-corrected chi connectivity index (χ1v) is 8.65. The minimum absolute atomic E-state index is 0.258. The number of aliphatic hydroxyl groups is 1. The van der Waals surface area contributed by atoms with E-state index in [1.165, 1.54) is 6.42 Å². The lowest BCUT2D eigenvalue weighted by molar-refractivity contribution is -0.0419. The molecule has 120 valence electrons. The van der Waals surface area contributed by atoms with Crippen LogP contribution in [-0.2, 0) is 5.60 Å². The van der Waals surface area contributed by atoms with E-state index in [9.17, 15) is 5.11 Å². The fourth-order valence-corrected chi connectivity index (χ4v) is 3.80. The first kappa shape index (κ1) is 15.6. The molecule has 3 heteroatoms. The summed E-state index contributed by atoms with van der Waals surface area (Å²) in [6, 6.07) is 8.11. The second kappa shape index (κ2) is 6.84. The highest BCUT2D eigenvalue weighted by atomic mass is 16.3. The van der Waals surface area contributed by atoms with Crippen LogP contribution in [0.25, 0.3) is 11.0 Å². The summed E-state index contributed by atoms with van der Waals surface area (Å²) in [7, 11) is 0. The predicted octanol–water partition coefficient (Wildman–Crippen LogP) is 4.20. The molecule has 1 saturated heterocycles. The molecule has 1 aromatic heterocycles. The molecule has 3 nitrogen and oxygen atoms in total. The van der Waals surface area contributed by atoms with Gasteiger partial charge in [-0.05, 0) is 31.9 Å². The Morgan fingerprint density at radius 3 is 3.00 bits per heavy atom. The van der Waals surface area contributed by atoms with Gasteiger partial charge in [-0.2, -0.15) is 0 Å². The van der Waals surface area contributed by atoms with Gasteiger partial charge in [-0.15, -0.1) is 0 Å². The number of rotatable bonds is 6. The lowest BCUT2D eigenvalue weighted by Gasteiger charge is -2.39. The lowest BCUT2D eigenvalue weighted by Crippen LogP contribution is -2.44. The van der Waals surface area contributed by atoms with E-state index in [0.29, 0.717) is 0 Å². The van der Waals surface area contributed by atoms with Gasteiger partial charge in [-0.25, -0.2) is 0 Å². The first-order valence-electron chi connectivity index (χ1n) is 8.65. The minimum atomic E-state index is -0.792. The zero-order valence-electron chi connectivity index (χ0n) is 13.5. The Bertz CT molecular complexity index is 600. The van der Waals surface area contributed by atoms with Crippen molar-refractivity contribution in [2.45, 2.75) is 51.0 Å². The Morgan fingerprint density at radius 2 is 2.23 bits per heavy atom. The molecule has 22 heavy (non-hydrogen) atoms. The van der Waals surface area contributed by atoms with Gasteiger partial charge in [0.05, 0.1) is 11.9 Å². The van der Waals surface area contributed by atoms with Gasteiger partial charge in [0.2, 0.25) is 0 Å². The van der Waals surface area contributed by atoms with Crippen LogP contribution in [0.4, 0.5) is 0 Å². The number of hydrogen-bond donors (Lipinski definition) is 2. The third-order valence-corrected chi connectivity index (χ3v) is 5.08. The van der Waals surface area contributed by atoms with Gasteiger partial charge in [0.1, 0.15) is 5.58 Å². The molecule has 2 atom stereocenters. The van der Waals surface area contributed by atoms with Gasteiger partial charge < -0.3 is 14.8 Å². The van der Waals surface area contributed by atoms with Crippen LogP contribution in [0.3, 0.4) is 0 Å². The monoisotopic (exact) mass is 301 g/mol. The average molecular weight is 301 g/mol. The summed E-state index contributed by atoms with van der Waals surface area (Å²) >= 11 is 0. The molecular formula is C19H27NO2. The second-order valence-corrected chi connectivity index (χ2v) is 6.57. The van der Waals surface area contributed by atoms with Gasteiger partial charge in [-0.1, -0.05) is 44.4 Å². The maximum absolute atomic E-state index is 11.7. The summed E-state index contributed by atoms with van der Waals surface area (Å²) in [6.45, 7) is 4.15. The van der Waals surface area contributed by atoms with E-state index >= 15 is 0 Å². The highest BCUT2D eigenvalue weighted by molar-refractivity contribution is 5.81. The molecule has 1 fully saturated rings. The van der Waals surface area contributed by atoms with Gasteiger partial charge in [0.25, 0.3) is 0 Å². The lowest BCUT2D eigenvalue weighted by atomic mass is 9.74. The summed E-state index contributed by atoms with van der Waals surface area (Å²) in [4.78, 5) is 0. The molecule has 2 aromatic rings. The molecule has 1 aromatic carbocycles. The van der Waals surface area contributed by atoms with Gasteiger partial charge in [0.15, 0.2) is 0 Å². The fraction of sp³-hybridized carbons (Fsp3) is 0.579. The summed E-state index contributed by atoms with van der Waals surface area (Å²) < 4.78 is 5.71. The topological polar surface area (TPSA) is 45.4 Å². The number of unbranched alkanes of at least 4 members (excludes halogenated alkanes) is 2. The summed E-state index contributed by atoms with van der Waals surface area (Å²) in [5.74, 6) is 0.258. The molecule has 0 amide bonds. The predicted molar refractivity (Wildman–Crippen MR) is 89.8 cm³/mol. The molecule has 3 rings (SSSR count). The van der Waals surface area contributed by atoms with Gasteiger partial charge in [-0.3, -0.25) is 0 Å². The minimum Gasteiger partial charge on any atom is -0.464 e. The van der Waals surface area contributed by atoms with Crippen LogP contribution in [0, 0.1) is 5.92 Å². The SMILES string of the molecule is CCCCC[C@@](O)(c1cccc2ccoc12)C1CCCNC1. The van der Waals surface area contributed by atoms with Crippen LogP contribution in [0.1, 0.15) is 51.0 Å². The van der Waals surface area contributed by atoms with Crippen LogP contribution >= 0.6 is 0 Å².